The number of rotatable bonds is 6. The van der Waals surface area contributed by atoms with Gasteiger partial charge in [0, 0.05) is 11.9 Å². The van der Waals surface area contributed by atoms with E-state index in [-0.39, 0.29) is 18.0 Å². The number of nitrogens with one attached hydrogen (secondary N) is 1. The van der Waals surface area contributed by atoms with E-state index in [9.17, 15) is 14.4 Å². The van der Waals surface area contributed by atoms with E-state index in [0.29, 0.717) is 16.6 Å². The predicted octanol–water partition coefficient (Wildman–Crippen LogP) is 4.10. The highest BCUT2D eigenvalue weighted by Crippen LogP contribution is 2.22. The van der Waals surface area contributed by atoms with Gasteiger partial charge >= 0.3 is 11.7 Å². The van der Waals surface area contributed by atoms with Gasteiger partial charge in [-0.15, -0.1) is 11.3 Å². The van der Waals surface area contributed by atoms with Crippen LogP contribution in [0.3, 0.4) is 0 Å². The molecular formula is C24H18N2O5S. The van der Waals surface area contributed by atoms with Gasteiger partial charge in [0.15, 0.2) is 0 Å². The molecule has 0 saturated carbocycles. The number of aryl methyl sites for hydroxylation is 1. The molecule has 5 aromatic rings. The third kappa shape index (κ3) is 3.88. The summed E-state index contributed by atoms with van der Waals surface area (Å²) in [7, 11) is 0. The summed E-state index contributed by atoms with van der Waals surface area (Å²) in [4.78, 5) is 41.2. The van der Waals surface area contributed by atoms with Crippen molar-refractivity contribution in [3.63, 3.8) is 0 Å². The van der Waals surface area contributed by atoms with Crippen molar-refractivity contribution in [2.75, 3.05) is 0 Å². The lowest BCUT2D eigenvalue weighted by atomic mass is 10.1. The lowest BCUT2D eigenvalue weighted by molar-refractivity contribution is 0.0479. The van der Waals surface area contributed by atoms with Crippen LogP contribution in [0.2, 0.25) is 0 Å². The van der Waals surface area contributed by atoms with E-state index in [1.54, 1.807) is 6.26 Å². The van der Waals surface area contributed by atoms with Crippen LogP contribution in [0.4, 0.5) is 0 Å². The number of benzene rings is 2. The fourth-order valence-electron chi connectivity index (χ4n) is 3.56. The lowest BCUT2D eigenvalue weighted by Gasteiger charge is -2.04. The Morgan fingerprint density at radius 1 is 1.03 bits per heavy atom. The van der Waals surface area contributed by atoms with Crippen LogP contribution >= 0.6 is 11.3 Å². The van der Waals surface area contributed by atoms with Gasteiger partial charge in [0.25, 0.3) is 5.56 Å². The minimum absolute atomic E-state index is 0.0893. The fraction of sp³-hybridized carbons (Fsp3) is 0.125. The number of furan rings is 1. The van der Waals surface area contributed by atoms with Gasteiger partial charge in [-0.25, -0.2) is 9.59 Å². The highest BCUT2D eigenvalue weighted by Gasteiger charge is 2.17. The summed E-state index contributed by atoms with van der Waals surface area (Å²) in [6.07, 6.45) is 2.15. The zero-order chi connectivity index (χ0) is 22.1. The second-order valence-electron chi connectivity index (χ2n) is 7.34. The molecule has 3 heterocycles. The summed E-state index contributed by atoms with van der Waals surface area (Å²) < 4.78 is 11.9. The number of carbonyl (C=O) groups is 1. The van der Waals surface area contributed by atoms with Gasteiger partial charge in [-0.3, -0.25) is 14.3 Å². The van der Waals surface area contributed by atoms with Crippen LogP contribution in [0.5, 0.6) is 0 Å². The Labute approximate surface area is 185 Å². The Kier molecular flexibility index (Phi) is 5.20. The SMILES string of the molecule is O=C(OCc1ccc2occc2c1)c1cc2c(=O)n(CCc3ccccc3)c(=O)[nH]c2s1. The first-order chi connectivity index (χ1) is 15.6. The van der Waals surface area contributed by atoms with Crippen LogP contribution in [0.25, 0.3) is 21.2 Å². The smallest absolute Gasteiger partial charge is 0.348 e. The third-order valence-corrected chi connectivity index (χ3v) is 6.26. The predicted molar refractivity (Wildman–Crippen MR) is 122 cm³/mol. The summed E-state index contributed by atoms with van der Waals surface area (Å²) in [5.41, 5.74) is 1.71. The van der Waals surface area contributed by atoms with Crippen LogP contribution < -0.4 is 11.2 Å². The van der Waals surface area contributed by atoms with Gasteiger partial charge in [0.2, 0.25) is 0 Å². The molecule has 0 atom stereocenters. The van der Waals surface area contributed by atoms with Crippen molar-refractivity contribution in [2.45, 2.75) is 19.6 Å². The van der Waals surface area contributed by atoms with Gasteiger partial charge in [-0.1, -0.05) is 36.4 Å². The minimum Gasteiger partial charge on any atom is -0.464 e. The first-order valence-corrected chi connectivity index (χ1v) is 10.8. The van der Waals surface area contributed by atoms with Gasteiger partial charge < -0.3 is 9.15 Å². The molecule has 0 unspecified atom stereocenters. The van der Waals surface area contributed by atoms with Crippen molar-refractivity contribution in [3.05, 3.63) is 104 Å². The van der Waals surface area contributed by atoms with E-state index in [1.807, 2.05) is 54.6 Å². The molecule has 1 N–H and O–H groups in total. The number of aromatic nitrogens is 2. The van der Waals surface area contributed by atoms with Crippen molar-refractivity contribution in [1.29, 1.82) is 0 Å². The molecule has 0 amide bonds. The maximum absolute atomic E-state index is 12.9. The van der Waals surface area contributed by atoms with Crippen molar-refractivity contribution >= 4 is 38.5 Å². The quantitative estimate of drug-likeness (QED) is 0.397. The van der Waals surface area contributed by atoms with Crippen LogP contribution in [0.1, 0.15) is 20.8 Å². The largest absolute Gasteiger partial charge is 0.464 e. The molecule has 0 radical (unpaired) electrons. The molecular weight excluding hydrogens is 428 g/mol. The molecule has 0 aliphatic heterocycles. The summed E-state index contributed by atoms with van der Waals surface area (Å²) >= 11 is 1.04. The molecule has 32 heavy (non-hydrogen) atoms. The minimum atomic E-state index is -0.547. The molecule has 0 fully saturated rings. The molecule has 0 aliphatic carbocycles. The second kappa shape index (κ2) is 8.32. The highest BCUT2D eigenvalue weighted by molar-refractivity contribution is 7.20. The normalized spacial score (nSPS) is 11.2. The van der Waals surface area contributed by atoms with Crippen LogP contribution in [0.15, 0.2) is 80.9 Å². The van der Waals surface area contributed by atoms with Crippen molar-refractivity contribution in [2.24, 2.45) is 0 Å². The van der Waals surface area contributed by atoms with E-state index in [2.05, 4.69) is 4.98 Å². The zero-order valence-electron chi connectivity index (χ0n) is 16.9. The summed E-state index contributed by atoms with van der Waals surface area (Å²) in [6.45, 7) is 0.340. The van der Waals surface area contributed by atoms with Crippen LogP contribution in [-0.2, 0) is 24.3 Å². The standard InChI is InChI=1S/C24H18N2O5S/c27-22-18-13-20(23(28)31-14-16-6-7-19-17(12-16)9-11-30-19)32-21(18)25-24(29)26(22)10-8-15-4-2-1-3-5-15/h1-7,9,11-13H,8,10,14H2,(H,25,29). The summed E-state index contributed by atoms with van der Waals surface area (Å²) in [6, 6.07) is 18.5. The zero-order valence-corrected chi connectivity index (χ0v) is 17.7. The molecule has 2 aromatic carbocycles. The third-order valence-electron chi connectivity index (χ3n) is 5.23. The Morgan fingerprint density at radius 2 is 1.88 bits per heavy atom. The number of H-pyrrole nitrogens is 1. The Balaban J connectivity index is 1.35. The number of nitrogens with zero attached hydrogens (tertiary/aromatic N) is 1. The molecule has 0 spiro atoms. The topological polar surface area (TPSA) is 94.3 Å². The van der Waals surface area contributed by atoms with E-state index in [4.69, 9.17) is 9.15 Å². The Hall–Kier alpha value is -3.91. The monoisotopic (exact) mass is 446 g/mol. The number of hydrogen-bond donors (Lipinski definition) is 1. The fourth-order valence-corrected chi connectivity index (χ4v) is 4.49. The molecule has 0 bridgehead atoms. The number of carbonyl (C=O) groups excluding carboxylic acids is 1. The van der Waals surface area contributed by atoms with Gasteiger partial charge in [0.05, 0.1) is 11.6 Å². The van der Waals surface area contributed by atoms with E-state index >= 15 is 0 Å². The molecule has 3 aromatic heterocycles. The number of thiophene rings is 1. The van der Waals surface area contributed by atoms with Crippen molar-refractivity contribution < 1.29 is 13.9 Å². The van der Waals surface area contributed by atoms with Gasteiger partial charge in [-0.05, 0) is 41.8 Å². The summed E-state index contributed by atoms with van der Waals surface area (Å²) in [5.74, 6) is -0.547. The summed E-state index contributed by atoms with van der Waals surface area (Å²) in [5, 5.41) is 1.23. The second-order valence-corrected chi connectivity index (χ2v) is 8.40. The first kappa shape index (κ1) is 20.0. The lowest BCUT2D eigenvalue weighted by Crippen LogP contribution is -2.35. The van der Waals surface area contributed by atoms with Crippen molar-refractivity contribution in [1.82, 2.24) is 9.55 Å². The van der Waals surface area contributed by atoms with Gasteiger partial charge in [0.1, 0.15) is 21.9 Å². The van der Waals surface area contributed by atoms with Crippen molar-refractivity contribution in [3.8, 4) is 0 Å². The van der Waals surface area contributed by atoms with E-state index in [0.717, 1.165) is 38.0 Å². The maximum atomic E-state index is 12.9. The Bertz CT molecular complexity index is 1540. The molecule has 8 heteroatoms. The van der Waals surface area contributed by atoms with Crippen LogP contribution in [0, 0.1) is 0 Å². The molecule has 0 saturated heterocycles. The van der Waals surface area contributed by atoms with Crippen LogP contribution in [-0.4, -0.2) is 15.5 Å². The maximum Gasteiger partial charge on any atom is 0.348 e. The average molecular weight is 446 g/mol. The van der Waals surface area contributed by atoms with E-state index in [1.165, 1.54) is 6.07 Å². The average Bonchev–Trinajstić information content (AvgIpc) is 3.44. The Morgan fingerprint density at radius 3 is 2.72 bits per heavy atom. The van der Waals surface area contributed by atoms with Gasteiger partial charge in [-0.2, -0.15) is 0 Å². The number of fused-ring (bicyclic) bond motifs is 2. The molecule has 7 nitrogen and oxygen atoms in total. The molecule has 160 valence electrons. The number of hydrogen-bond acceptors (Lipinski definition) is 6. The van der Waals surface area contributed by atoms with E-state index < -0.39 is 17.2 Å². The number of aromatic amines is 1. The first-order valence-electron chi connectivity index (χ1n) is 10.0. The molecule has 5 rings (SSSR count). The highest BCUT2D eigenvalue weighted by atomic mass is 32.1. The molecule has 0 aliphatic rings. The number of ether oxygens (including phenoxy) is 1. The number of esters is 1.